The van der Waals surface area contributed by atoms with Gasteiger partial charge in [0.2, 0.25) is 0 Å². The maximum atomic E-state index is 12.7. The summed E-state index contributed by atoms with van der Waals surface area (Å²) in [5.41, 5.74) is 0.808. The molecule has 2 aromatic rings. The number of benzene rings is 1. The largest absolute Gasteiger partial charge is 0.416 e. The van der Waals surface area contributed by atoms with E-state index in [-0.39, 0.29) is 10.7 Å². The third-order valence-corrected chi connectivity index (χ3v) is 2.85. The molecule has 1 aromatic carbocycles. The number of nitrogens with zero attached hydrogens (tertiary/aromatic N) is 1. The molecule has 0 fully saturated rings. The first kappa shape index (κ1) is 15.4. The summed E-state index contributed by atoms with van der Waals surface area (Å²) in [6.07, 6.45) is -1.28. The van der Waals surface area contributed by atoms with E-state index in [1.165, 1.54) is 12.3 Å². The molecular weight excluding hydrogens is 303 g/mol. The second kappa shape index (κ2) is 6.22. The molecule has 2 rings (SSSR count). The van der Waals surface area contributed by atoms with Crippen molar-refractivity contribution in [2.24, 2.45) is 0 Å². The van der Waals surface area contributed by atoms with Crippen molar-refractivity contribution in [1.82, 2.24) is 4.98 Å². The SMILES string of the molecule is CCNc1cncc(Nc2cc(Cl)cc(C(F)(F)F)c2)c1. The van der Waals surface area contributed by atoms with E-state index in [4.69, 9.17) is 11.6 Å². The van der Waals surface area contributed by atoms with Crippen molar-refractivity contribution >= 4 is 28.7 Å². The molecule has 21 heavy (non-hydrogen) atoms. The van der Waals surface area contributed by atoms with Crippen LogP contribution >= 0.6 is 11.6 Å². The first-order valence-electron chi connectivity index (χ1n) is 6.22. The molecule has 0 atom stereocenters. The number of aromatic nitrogens is 1. The molecule has 0 saturated carbocycles. The fourth-order valence-corrected chi connectivity index (χ4v) is 2.04. The standard InChI is InChI=1S/C14H13ClF3N3/c1-2-20-12-6-13(8-19-7-12)21-11-4-9(14(16,17)18)3-10(15)5-11/h3-8,20-21H,2H2,1H3. The van der Waals surface area contributed by atoms with E-state index in [0.29, 0.717) is 5.69 Å². The third kappa shape index (κ3) is 4.26. The Morgan fingerprint density at radius 3 is 2.43 bits per heavy atom. The van der Waals surface area contributed by atoms with Gasteiger partial charge < -0.3 is 10.6 Å². The van der Waals surface area contributed by atoms with Gasteiger partial charge >= 0.3 is 6.18 Å². The van der Waals surface area contributed by atoms with Gasteiger partial charge in [-0.15, -0.1) is 0 Å². The van der Waals surface area contributed by atoms with Crippen LogP contribution in [0.4, 0.5) is 30.2 Å². The fraction of sp³-hybridized carbons (Fsp3) is 0.214. The Bertz CT molecular complexity index is 629. The molecular formula is C14H13ClF3N3. The zero-order chi connectivity index (χ0) is 15.5. The minimum Gasteiger partial charge on any atom is -0.384 e. The van der Waals surface area contributed by atoms with Gasteiger partial charge in [-0.05, 0) is 31.2 Å². The van der Waals surface area contributed by atoms with Crippen LogP contribution in [0.3, 0.4) is 0 Å². The number of nitrogens with one attached hydrogen (secondary N) is 2. The number of pyridine rings is 1. The van der Waals surface area contributed by atoms with Crippen molar-refractivity contribution in [3.05, 3.63) is 47.2 Å². The van der Waals surface area contributed by atoms with E-state index in [9.17, 15) is 13.2 Å². The summed E-state index contributed by atoms with van der Waals surface area (Å²) in [7, 11) is 0. The Labute approximate surface area is 125 Å². The highest BCUT2D eigenvalue weighted by atomic mass is 35.5. The van der Waals surface area contributed by atoms with Crippen molar-refractivity contribution in [2.75, 3.05) is 17.2 Å². The van der Waals surface area contributed by atoms with Crippen molar-refractivity contribution in [3.8, 4) is 0 Å². The average molecular weight is 316 g/mol. The van der Waals surface area contributed by atoms with Gasteiger partial charge in [0.1, 0.15) is 0 Å². The number of rotatable bonds is 4. The second-order valence-electron chi connectivity index (χ2n) is 4.34. The number of hydrogen-bond acceptors (Lipinski definition) is 3. The molecule has 3 nitrogen and oxygen atoms in total. The summed E-state index contributed by atoms with van der Waals surface area (Å²) in [6.45, 7) is 2.66. The molecule has 0 spiro atoms. The molecule has 2 N–H and O–H groups in total. The summed E-state index contributed by atoms with van der Waals surface area (Å²) < 4.78 is 38.2. The lowest BCUT2D eigenvalue weighted by Crippen LogP contribution is -2.05. The van der Waals surface area contributed by atoms with E-state index in [1.54, 1.807) is 12.3 Å². The minimum absolute atomic E-state index is 0.0168. The predicted molar refractivity (Wildman–Crippen MR) is 78.1 cm³/mol. The van der Waals surface area contributed by atoms with E-state index in [2.05, 4.69) is 15.6 Å². The van der Waals surface area contributed by atoms with Crippen molar-refractivity contribution in [1.29, 1.82) is 0 Å². The zero-order valence-electron chi connectivity index (χ0n) is 11.1. The maximum Gasteiger partial charge on any atom is 0.416 e. The normalized spacial score (nSPS) is 11.3. The van der Waals surface area contributed by atoms with E-state index < -0.39 is 11.7 Å². The molecule has 0 aliphatic heterocycles. The average Bonchev–Trinajstić information content (AvgIpc) is 2.38. The second-order valence-corrected chi connectivity index (χ2v) is 4.78. The lowest BCUT2D eigenvalue weighted by atomic mass is 10.2. The number of hydrogen-bond donors (Lipinski definition) is 2. The quantitative estimate of drug-likeness (QED) is 0.840. The smallest absolute Gasteiger partial charge is 0.384 e. The lowest BCUT2D eigenvalue weighted by molar-refractivity contribution is -0.137. The van der Waals surface area contributed by atoms with E-state index in [1.807, 2.05) is 6.92 Å². The Morgan fingerprint density at radius 1 is 1.05 bits per heavy atom. The fourth-order valence-electron chi connectivity index (χ4n) is 1.80. The Hall–Kier alpha value is -1.95. The minimum atomic E-state index is -4.44. The number of alkyl halides is 3. The molecule has 0 amide bonds. The lowest BCUT2D eigenvalue weighted by Gasteiger charge is -2.12. The Balaban J connectivity index is 2.27. The molecule has 7 heteroatoms. The summed E-state index contributed by atoms with van der Waals surface area (Å²) in [5, 5.41) is 5.96. The van der Waals surface area contributed by atoms with E-state index >= 15 is 0 Å². The zero-order valence-corrected chi connectivity index (χ0v) is 11.9. The van der Waals surface area contributed by atoms with Crippen LogP contribution in [0.1, 0.15) is 12.5 Å². The summed E-state index contributed by atoms with van der Waals surface area (Å²) >= 11 is 5.74. The highest BCUT2D eigenvalue weighted by molar-refractivity contribution is 6.31. The third-order valence-electron chi connectivity index (χ3n) is 2.63. The van der Waals surface area contributed by atoms with Crippen molar-refractivity contribution in [2.45, 2.75) is 13.1 Å². The first-order chi connectivity index (χ1) is 9.88. The van der Waals surface area contributed by atoms with Crippen LogP contribution in [-0.2, 0) is 6.18 Å². The molecule has 0 saturated heterocycles. The van der Waals surface area contributed by atoms with Gasteiger partial charge in [0.05, 0.1) is 29.3 Å². The summed E-state index contributed by atoms with van der Waals surface area (Å²) in [6, 6.07) is 5.08. The molecule has 1 aromatic heterocycles. The van der Waals surface area contributed by atoms with Gasteiger partial charge in [0.15, 0.2) is 0 Å². The first-order valence-corrected chi connectivity index (χ1v) is 6.60. The monoisotopic (exact) mass is 315 g/mol. The Morgan fingerprint density at radius 2 is 1.76 bits per heavy atom. The molecule has 0 unspecified atom stereocenters. The maximum absolute atomic E-state index is 12.7. The van der Waals surface area contributed by atoms with Gasteiger partial charge in [-0.1, -0.05) is 11.6 Å². The summed E-state index contributed by atoms with van der Waals surface area (Å²) in [5.74, 6) is 0. The van der Waals surface area contributed by atoms with Gasteiger partial charge in [-0.25, -0.2) is 0 Å². The van der Waals surface area contributed by atoms with Crippen LogP contribution in [-0.4, -0.2) is 11.5 Å². The molecule has 0 bridgehead atoms. The van der Waals surface area contributed by atoms with Crippen LogP contribution in [0.5, 0.6) is 0 Å². The van der Waals surface area contributed by atoms with Gasteiger partial charge in [0.25, 0.3) is 0 Å². The summed E-state index contributed by atoms with van der Waals surface area (Å²) in [4.78, 5) is 4.01. The van der Waals surface area contributed by atoms with Crippen LogP contribution in [0.25, 0.3) is 0 Å². The van der Waals surface area contributed by atoms with Gasteiger partial charge in [0, 0.05) is 17.3 Å². The van der Waals surface area contributed by atoms with Crippen LogP contribution < -0.4 is 10.6 Å². The van der Waals surface area contributed by atoms with Gasteiger partial charge in [-0.3, -0.25) is 4.98 Å². The molecule has 0 aliphatic carbocycles. The topological polar surface area (TPSA) is 37.0 Å². The van der Waals surface area contributed by atoms with Crippen LogP contribution in [0.15, 0.2) is 36.7 Å². The molecule has 0 radical (unpaired) electrons. The number of halogens is 4. The van der Waals surface area contributed by atoms with E-state index in [0.717, 1.165) is 24.4 Å². The number of anilines is 3. The highest BCUT2D eigenvalue weighted by Crippen LogP contribution is 2.34. The van der Waals surface area contributed by atoms with Crippen LogP contribution in [0, 0.1) is 0 Å². The highest BCUT2D eigenvalue weighted by Gasteiger charge is 2.31. The van der Waals surface area contributed by atoms with Crippen LogP contribution in [0.2, 0.25) is 5.02 Å². The predicted octanol–water partition coefficient (Wildman–Crippen LogP) is 4.93. The molecule has 112 valence electrons. The molecule has 0 aliphatic rings. The van der Waals surface area contributed by atoms with Gasteiger partial charge in [-0.2, -0.15) is 13.2 Å². The van der Waals surface area contributed by atoms with Crippen molar-refractivity contribution < 1.29 is 13.2 Å². The molecule has 1 heterocycles. The van der Waals surface area contributed by atoms with Crippen molar-refractivity contribution in [3.63, 3.8) is 0 Å². The Kier molecular flexibility index (Phi) is 4.57.